The zero-order valence-corrected chi connectivity index (χ0v) is 7.51. The van der Waals surface area contributed by atoms with E-state index in [4.69, 9.17) is 11.5 Å². The predicted molar refractivity (Wildman–Crippen MR) is 56.3 cm³/mol. The van der Waals surface area contributed by atoms with Crippen LogP contribution in [0.3, 0.4) is 0 Å². The third-order valence-corrected chi connectivity index (χ3v) is 1.84. The summed E-state index contributed by atoms with van der Waals surface area (Å²) in [6.45, 7) is 0. The molecule has 2 heterocycles. The van der Waals surface area contributed by atoms with Crippen LogP contribution >= 0.6 is 0 Å². The summed E-state index contributed by atoms with van der Waals surface area (Å²) in [5.41, 5.74) is 14.2. The van der Waals surface area contributed by atoms with E-state index in [2.05, 4.69) is 9.97 Å². The molecule has 0 saturated carbocycles. The van der Waals surface area contributed by atoms with Gasteiger partial charge in [-0.1, -0.05) is 0 Å². The van der Waals surface area contributed by atoms with Crippen LogP contribution in [0.1, 0.15) is 0 Å². The fraction of sp³-hybridized carbons (Fsp3) is 0. The van der Waals surface area contributed by atoms with Crippen molar-refractivity contribution in [3.05, 3.63) is 36.8 Å². The van der Waals surface area contributed by atoms with Crippen LogP contribution in [-0.4, -0.2) is 9.97 Å². The first-order valence-corrected chi connectivity index (χ1v) is 4.18. The Morgan fingerprint density at radius 2 is 1.86 bits per heavy atom. The van der Waals surface area contributed by atoms with E-state index in [1.165, 1.54) is 0 Å². The van der Waals surface area contributed by atoms with Gasteiger partial charge < -0.3 is 11.5 Å². The number of aromatic nitrogens is 2. The second-order valence-electron chi connectivity index (χ2n) is 2.98. The van der Waals surface area contributed by atoms with Crippen molar-refractivity contribution in [2.75, 3.05) is 11.5 Å². The maximum atomic E-state index is 5.64. The molecule has 14 heavy (non-hydrogen) atoms. The molecule has 4 heteroatoms. The number of rotatable bonds is 1. The zero-order chi connectivity index (χ0) is 9.97. The first-order valence-electron chi connectivity index (χ1n) is 4.18. The molecular weight excluding hydrogens is 176 g/mol. The summed E-state index contributed by atoms with van der Waals surface area (Å²) < 4.78 is 0. The molecule has 0 saturated heterocycles. The van der Waals surface area contributed by atoms with Crippen LogP contribution < -0.4 is 11.5 Å². The quantitative estimate of drug-likeness (QED) is 0.703. The van der Waals surface area contributed by atoms with Gasteiger partial charge in [0.15, 0.2) is 0 Å². The maximum absolute atomic E-state index is 5.64. The molecule has 0 spiro atoms. The van der Waals surface area contributed by atoms with Gasteiger partial charge in [-0.2, -0.15) is 0 Å². The summed E-state index contributed by atoms with van der Waals surface area (Å²) in [5, 5.41) is 0. The van der Waals surface area contributed by atoms with E-state index >= 15 is 0 Å². The van der Waals surface area contributed by atoms with Crippen LogP contribution in [0.2, 0.25) is 0 Å². The van der Waals surface area contributed by atoms with Gasteiger partial charge in [-0.05, 0) is 18.2 Å². The second kappa shape index (κ2) is 3.33. The van der Waals surface area contributed by atoms with Crippen molar-refractivity contribution in [1.29, 1.82) is 0 Å². The number of nitrogens with zero attached hydrogens (tertiary/aromatic N) is 2. The van der Waals surface area contributed by atoms with Gasteiger partial charge in [0.1, 0.15) is 0 Å². The zero-order valence-electron chi connectivity index (χ0n) is 7.51. The third-order valence-electron chi connectivity index (χ3n) is 1.84. The van der Waals surface area contributed by atoms with Crippen molar-refractivity contribution in [3.63, 3.8) is 0 Å². The highest BCUT2D eigenvalue weighted by atomic mass is 14.7. The molecule has 0 aliphatic carbocycles. The minimum atomic E-state index is 0.617. The highest BCUT2D eigenvalue weighted by Gasteiger charge is 1.99. The molecule has 2 aromatic rings. The van der Waals surface area contributed by atoms with E-state index in [9.17, 15) is 0 Å². The van der Waals surface area contributed by atoms with Crippen LogP contribution in [0.25, 0.3) is 11.3 Å². The molecule has 70 valence electrons. The highest BCUT2D eigenvalue weighted by molar-refractivity contribution is 5.65. The van der Waals surface area contributed by atoms with Crippen molar-refractivity contribution in [2.24, 2.45) is 0 Å². The van der Waals surface area contributed by atoms with E-state index in [-0.39, 0.29) is 0 Å². The summed E-state index contributed by atoms with van der Waals surface area (Å²) >= 11 is 0. The normalized spacial score (nSPS) is 10.0. The monoisotopic (exact) mass is 186 g/mol. The van der Waals surface area contributed by atoms with Gasteiger partial charge in [0.2, 0.25) is 0 Å². The first kappa shape index (κ1) is 8.50. The van der Waals surface area contributed by atoms with Gasteiger partial charge in [-0.3, -0.25) is 9.97 Å². The minimum Gasteiger partial charge on any atom is -0.399 e. The molecule has 2 rings (SSSR count). The maximum Gasteiger partial charge on any atom is 0.0738 e. The number of hydrogen-bond donors (Lipinski definition) is 2. The lowest BCUT2D eigenvalue weighted by Gasteiger charge is -2.01. The molecule has 0 fully saturated rings. The highest BCUT2D eigenvalue weighted by Crippen LogP contribution is 2.19. The van der Waals surface area contributed by atoms with Crippen molar-refractivity contribution in [1.82, 2.24) is 9.97 Å². The SMILES string of the molecule is Nc1cncc(-c2cc(N)ccn2)c1. The number of pyridine rings is 2. The number of hydrogen-bond acceptors (Lipinski definition) is 4. The van der Waals surface area contributed by atoms with Crippen LogP contribution in [0.5, 0.6) is 0 Å². The van der Waals surface area contributed by atoms with Crippen LogP contribution in [-0.2, 0) is 0 Å². The molecule has 4 nitrogen and oxygen atoms in total. The molecule has 0 amide bonds. The lowest BCUT2D eigenvalue weighted by atomic mass is 10.2. The topological polar surface area (TPSA) is 77.8 Å². The average Bonchev–Trinajstić information content (AvgIpc) is 2.18. The summed E-state index contributed by atoms with van der Waals surface area (Å²) in [4.78, 5) is 8.16. The van der Waals surface area contributed by atoms with Crippen molar-refractivity contribution in [3.8, 4) is 11.3 Å². The van der Waals surface area contributed by atoms with E-state index in [1.54, 1.807) is 30.7 Å². The fourth-order valence-electron chi connectivity index (χ4n) is 1.20. The Kier molecular flexibility index (Phi) is 2.02. The summed E-state index contributed by atoms with van der Waals surface area (Å²) in [6.07, 6.45) is 4.96. The van der Waals surface area contributed by atoms with Gasteiger partial charge in [-0.25, -0.2) is 0 Å². The van der Waals surface area contributed by atoms with E-state index in [0.29, 0.717) is 11.4 Å². The van der Waals surface area contributed by atoms with Crippen molar-refractivity contribution >= 4 is 11.4 Å². The molecule has 0 aliphatic heterocycles. The molecule has 0 radical (unpaired) electrons. The predicted octanol–water partition coefficient (Wildman–Crippen LogP) is 1.31. The Balaban J connectivity index is 2.49. The van der Waals surface area contributed by atoms with Crippen LogP contribution in [0.4, 0.5) is 11.4 Å². The molecule has 2 aromatic heterocycles. The van der Waals surface area contributed by atoms with Gasteiger partial charge in [0.05, 0.1) is 11.4 Å². The van der Waals surface area contributed by atoms with Crippen molar-refractivity contribution in [2.45, 2.75) is 0 Å². The number of nitrogens with two attached hydrogens (primary N) is 2. The van der Waals surface area contributed by atoms with Crippen molar-refractivity contribution < 1.29 is 0 Å². The van der Waals surface area contributed by atoms with Crippen LogP contribution in [0.15, 0.2) is 36.8 Å². The Labute approximate surface area is 81.6 Å². The standard InChI is InChI=1S/C10H10N4/c11-8-1-2-14-10(4-8)7-3-9(12)6-13-5-7/h1-6H,12H2,(H2,11,14). The number of nitrogen functional groups attached to an aromatic ring is 2. The summed E-state index contributed by atoms with van der Waals surface area (Å²) in [7, 11) is 0. The molecule has 0 aliphatic rings. The average molecular weight is 186 g/mol. The molecular formula is C10H10N4. The van der Waals surface area contributed by atoms with Gasteiger partial charge in [-0.15, -0.1) is 0 Å². The van der Waals surface area contributed by atoms with Crippen LogP contribution in [0, 0.1) is 0 Å². The minimum absolute atomic E-state index is 0.617. The second-order valence-corrected chi connectivity index (χ2v) is 2.98. The lowest BCUT2D eigenvalue weighted by Crippen LogP contribution is -1.91. The Bertz CT molecular complexity index is 410. The third kappa shape index (κ3) is 1.64. The van der Waals surface area contributed by atoms with Gasteiger partial charge in [0.25, 0.3) is 0 Å². The lowest BCUT2D eigenvalue weighted by molar-refractivity contribution is 1.28. The molecule has 0 atom stereocenters. The smallest absolute Gasteiger partial charge is 0.0738 e. The fourth-order valence-corrected chi connectivity index (χ4v) is 1.20. The summed E-state index contributed by atoms with van der Waals surface area (Å²) in [5.74, 6) is 0. The molecule has 0 aromatic carbocycles. The number of anilines is 2. The Morgan fingerprint density at radius 1 is 1.00 bits per heavy atom. The molecule has 0 unspecified atom stereocenters. The van der Waals surface area contributed by atoms with E-state index < -0.39 is 0 Å². The van der Waals surface area contributed by atoms with Gasteiger partial charge >= 0.3 is 0 Å². The van der Waals surface area contributed by atoms with Gasteiger partial charge in [0, 0.05) is 29.8 Å². The molecule has 0 bridgehead atoms. The van der Waals surface area contributed by atoms with E-state index in [1.807, 2.05) is 6.07 Å². The Morgan fingerprint density at radius 3 is 2.57 bits per heavy atom. The first-order chi connectivity index (χ1) is 6.75. The van der Waals surface area contributed by atoms with E-state index in [0.717, 1.165) is 11.3 Å². The largest absolute Gasteiger partial charge is 0.399 e. The summed E-state index contributed by atoms with van der Waals surface area (Å²) in [6, 6.07) is 5.34. The molecule has 4 N–H and O–H groups in total. The Hall–Kier alpha value is -2.10.